The summed E-state index contributed by atoms with van der Waals surface area (Å²) in [5.41, 5.74) is 1.23. The van der Waals surface area contributed by atoms with E-state index >= 15 is 0 Å². The SMILES string of the molecule is CSc1nnc(Sc2ccc(Cl)cc2CNC2CC2)s1. The minimum Gasteiger partial charge on any atom is -0.310 e. The fourth-order valence-corrected chi connectivity index (χ4v) is 4.44. The van der Waals surface area contributed by atoms with Gasteiger partial charge in [-0.1, -0.05) is 46.5 Å². The highest BCUT2D eigenvalue weighted by molar-refractivity contribution is 8.03. The Bertz CT molecular complexity index is 598. The van der Waals surface area contributed by atoms with Gasteiger partial charge in [0.25, 0.3) is 0 Å². The second-order valence-corrected chi connectivity index (χ2v) is 8.30. The van der Waals surface area contributed by atoms with Crippen LogP contribution in [-0.4, -0.2) is 22.5 Å². The van der Waals surface area contributed by atoms with Crippen molar-refractivity contribution in [1.82, 2.24) is 15.5 Å². The summed E-state index contributed by atoms with van der Waals surface area (Å²) in [6, 6.07) is 6.73. The lowest BCUT2D eigenvalue weighted by Crippen LogP contribution is -2.15. The molecule has 0 atom stereocenters. The van der Waals surface area contributed by atoms with Crippen LogP contribution in [0.2, 0.25) is 5.02 Å². The molecule has 0 spiro atoms. The summed E-state index contributed by atoms with van der Waals surface area (Å²) in [5.74, 6) is 0. The number of nitrogens with one attached hydrogen (secondary N) is 1. The molecule has 1 heterocycles. The molecule has 1 aromatic heterocycles. The first-order valence-electron chi connectivity index (χ1n) is 6.32. The number of thioether (sulfide) groups is 1. The van der Waals surface area contributed by atoms with Crippen molar-refractivity contribution < 1.29 is 0 Å². The van der Waals surface area contributed by atoms with Gasteiger partial charge in [0.2, 0.25) is 0 Å². The topological polar surface area (TPSA) is 37.8 Å². The van der Waals surface area contributed by atoms with Crippen LogP contribution in [0.15, 0.2) is 31.8 Å². The second kappa shape index (κ2) is 6.66. The third-order valence-corrected chi connectivity index (χ3v) is 6.24. The summed E-state index contributed by atoms with van der Waals surface area (Å²) >= 11 is 11.0. The van der Waals surface area contributed by atoms with E-state index in [1.54, 1.807) is 34.9 Å². The average Bonchev–Trinajstić information content (AvgIpc) is 3.17. The molecule has 1 fully saturated rings. The number of hydrogen-bond donors (Lipinski definition) is 1. The van der Waals surface area contributed by atoms with E-state index in [0.29, 0.717) is 6.04 Å². The van der Waals surface area contributed by atoms with Crippen molar-refractivity contribution in [2.24, 2.45) is 0 Å². The molecule has 1 aliphatic rings. The van der Waals surface area contributed by atoms with Crippen molar-refractivity contribution in [3.63, 3.8) is 0 Å². The molecule has 20 heavy (non-hydrogen) atoms. The van der Waals surface area contributed by atoms with Gasteiger partial charge in [0, 0.05) is 22.5 Å². The first-order valence-corrected chi connectivity index (χ1v) is 9.55. The maximum atomic E-state index is 6.11. The fourth-order valence-electron chi connectivity index (χ4n) is 1.74. The normalized spacial score (nSPS) is 14.7. The Morgan fingerprint density at radius 3 is 2.85 bits per heavy atom. The van der Waals surface area contributed by atoms with Crippen LogP contribution in [0.5, 0.6) is 0 Å². The lowest BCUT2D eigenvalue weighted by Gasteiger charge is -2.09. The summed E-state index contributed by atoms with van der Waals surface area (Å²) in [6.45, 7) is 0.863. The molecule has 3 nitrogen and oxygen atoms in total. The van der Waals surface area contributed by atoms with Crippen molar-refractivity contribution in [3.8, 4) is 0 Å². The van der Waals surface area contributed by atoms with Gasteiger partial charge in [0.15, 0.2) is 8.68 Å². The number of hydrogen-bond acceptors (Lipinski definition) is 6. The Morgan fingerprint density at radius 2 is 2.15 bits per heavy atom. The Balaban J connectivity index is 1.75. The molecule has 7 heteroatoms. The fraction of sp³-hybridized carbons (Fsp3) is 0.385. The van der Waals surface area contributed by atoms with Crippen molar-refractivity contribution in [3.05, 3.63) is 28.8 Å². The van der Waals surface area contributed by atoms with Gasteiger partial charge >= 0.3 is 0 Å². The number of benzene rings is 1. The van der Waals surface area contributed by atoms with E-state index in [2.05, 4.69) is 21.6 Å². The number of aromatic nitrogens is 2. The summed E-state index contributed by atoms with van der Waals surface area (Å²) in [4.78, 5) is 1.20. The molecule has 0 radical (unpaired) electrons. The van der Waals surface area contributed by atoms with Gasteiger partial charge < -0.3 is 5.32 Å². The third-order valence-electron chi connectivity index (χ3n) is 2.94. The quantitative estimate of drug-likeness (QED) is 0.791. The van der Waals surface area contributed by atoms with Crippen LogP contribution in [0, 0.1) is 0 Å². The zero-order valence-corrected chi connectivity index (χ0v) is 14.1. The lowest BCUT2D eigenvalue weighted by atomic mass is 10.2. The first kappa shape index (κ1) is 14.7. The van der Waals surface area contributed by atoms with Crippen molar-refractivity contribution in [2.75, 3.05) is 6.26 Å². The molecular weight excluding hydrogens is 330 g/mol. The van der Waals surface area contributed by atoms with Crippen LogP contribution in [0.3, 0.4) is 0 Å². The van der Waals surface area contributed by atoms with Crippen LogP contribution in [0.25, 0.3) is 0 Å². The van der Waals surface area contributed by atoms with E-state index in [-0.39, 0.29) is 0 Å². The summed E-state index contributed by atoms with van der Waals surface area (Å²) in [5, 5.41) is 12.7. The molecule has 106 valence electrons. The lowest BCUT2D eigenvalue weighted by molar-refractivity contribution is 0.680. The van der Waals surface area contributed by atoms with E-state index in [1.807, 2.05) is 18.4 Å². The van der Waals surface area contributed by atoms with E-state index in [4.69, 9.17) is 11.6 Å². The Labute approximate surface area is 135 Å². The van der Waals surface area contributed by atoms with E-state index in [9.17, 15) is 0 Å². The molecule has 0 saturated heterocycles. The van der Waals surface area contributed by atoms with Gasteiger partial charge in [-0.25, -0.2) is 0 Å². The molecule has 1 N–H and O–H groups in total. The highest BCUT2D eigenvalue weighted by Crippen LogP contribution is 2.35. The molecule has 1 aromatic carbocycles. The Hall–Kier alpha value is -0.270. The summed E-state index contributed by atoms with van der Waals surface area (Å²) in [7, 11) is 0. The molecule has 3 rings (SSSR count). The van der Waals surface area contributed by atoms with E-state index < -0.39 is 0 Å². The summed E-state index contributed by atoms with van der Waals surface area (Å²) in [6.07, 6.45) is 4.59. The van der Waals surface area contributed by atoms with Crippen molar-refractivity contribution in [2.45, 2.75) is 39.0 Å². The van der Waals surface area contributed by atoms with Gasteiger partial charge in [0.1, 0.15) is 0 Å². The van der Waals surface area contributed by atoms with Gasteiger partial charge in [-0.15, -0.1) is 10.2 Å². The number of rotatable bonds is 6. The third kappa shape index (κ3) is 3.89. The monoisotopic (exact) mass is 343 g/mol. The predicted octanol–water partition coefficient (Wildman–Crippen LogP) is 4.32. The first-order chi connectivity index (χ1) is 9.74. The zero-order chi connectivity index (χ0) is 13.9. The predicted molar refractivity (Wildman–Crippen MR) is 87.1 cm³/mol. The average molecular weight is 344 g/mol. The largest absolute Gasteiger partial charge is 0.310 e. The highest BCUT2D eigenvalue weighted by atomic mass is 35.5. The minimum absolute atomic E-state index is 0.691. The van der Waals surface area contributed by atoms with E-state index in [1.165, 1.54) is 23.3 Å². The molecule has 2 aromatic rings. The highest BCUT2D eigenvalue weighted by Gasteiger charge is 2.20. The molecular formula is C13H14ClN3S3. The van der Waals surface area contributed by atoms with Crippen molar-refractivity contribution in [1.29, 1.82) is 0 Å². The molecule has 1 aliphatic carbocycles. The molecule has 0 amide bonds. The van der Waals surface area contributed by atoms with E-state index in [0.717, 1.165) is 20.2 Å². The van der Waals surface area contributed by atoms with Crippen LogP contribution < -0.4 is 5.32 Å². The van der Waals surface area contributed by atoms with Crippen molar-refractivity contribution >= 4 is 46.5 Å². The van der Waals surface area contributed by atoms with Crippen LogP contribution in [0.1, 0.15) is 18.4 Å². The Morgan fingerprint density at radius 1 is 1.35 bits per heavy atom. The van der Waals surface area contributed by atoms with Gasteiger partial charge in [0.05, 0.1) is 0 Å². The second-order valence-electron chi connectivity index (χ2n) is 4.55. The minimum atomic E-state index is 0.691. The maximum absolute atomic E-state index is 6.11. The van der Waals surface area contributed by atoms with Crippen LogP contribution >= 0.6 is 46.5 Å². The molecule has 0 aliphatic heterocycles. The van der Waals surface area contributed by atoms with Gasteiger partial charge in [-0.2, -0.15) is 0 Å². The van der Waals surface area contributed by atoms with Gasteiger partial charge in [-0.3, -0.25) is 0 Å². The summed E-state index contributed by atoms with van der Waals surface area (Å²) < 4.78 is 1.98. The molecule has 0 bridgehead atoms. The zero-order valence-electron chi connectivity index (χ0n) is 10.9. The molecule has 1 saturated carbocycles. The molecule has 0 unspecified atom stereocenters. The van der Waals surface area contributed by atoms with Crippen LogP contribution in [-0.2, 0) is 6.54 Å². The standard InChI is InChI=1S/C13H14ClN3S3/c1-18-12-16-17-13(20-12)19-11-5-2-9(14)6-8(11)7-15-10-3-4-10/h2,5-6,10,15H,3-4,7H2,1H3. The number of nitrogens with zero attached hydrogens (tertiary/aromatic N) is 2. The maximum Gasteiger partial charge on any atom is 0.179 e. The Kier molecular flexibility index (Phi) is 4.88. The van der Waals surface area contributed by atoms with Gasteiger partial charge in [-0.05, 0) is 42.9 Å². The van der Waals surface area contributed by atoms with Crippen LogP contribution in [0.4, 0.5) is 0 Å². The number of halogens is 1. The smallest absolute Gasteiger partial charge is 0.179 e.